The van der Waals surface area contributed by atoms with Crippen molar-refractivity contribution < 1.29 is 9.53 Å². The Morgan fingerprint density at radius 2 is 1.85 bits per heavy atom. The maximum Gasteiger partial charge on any atom is 0.234 e. The molecule has 5 heteroatoms. The molecule has 1 aromatic rings. The second-order valence-corrected chi connectivity index (χ2v) is 7.75. The van der Waals surface area contributed by atoms with Gasteiger partial charge in [-0.25, -0.2) is 0 Å². The van der Waals surface area contributed by atoms with Crippen LogP contribution < -0.4 is 10.1 Å². The summed E-state index contributed by atoms with van der Waals surface area (Å²) in [5.41, 5.74) is 1.07. The lowest BCUT2D eigenvalue weighted by molar-refractivity contribution is -0.123. The topological polar surface area (TPSA) is 44.8 Å². The Bertz CT molecular complexity index is 593. The molecule has 2 aliphatic rings. The summed E-state index contributed by atoms with van der Waals surface area (Å²) in [6, 6.07) is 8.82. The summed E-state index contributed by atoms with van der Waals surface area (Å²) in [5, 5.41) is 3.22. The van der Waals surface area contributed by atoms with E-state index < -0.39 is 0 Å². The molecular formula is C22H35N3O2. The fraction of sp³-hybridized carbons (Fsp3) is 0.682. The van der Waals surface area contributed by atoms with Gasteiger partial charge in [0.05, 0.1) is 19.2 Å². The molecule has 1 unspecified atom stereocenters. The van der Waals surface area contributed by atoms with Crippen LogP contribution >= 0.6 is 0 Å². The van der Waals surface area contributed by atoms with Crippen molar-refractivity contribution in [1.82, 2.24) is 15.1 Å². The molecule has 1 saturated heterocycles. The Morgan fingerprint density at radius 1 is 1.15 bits per heavy atom. The number of benzene rings is 1. The first kappa shape index (κ1) is 20.2. The van der Waals surface area contributed by atoms with Gasteiger partial charge in [0.1, 0.15) is 5.75 Å². The molecule has 1 heterocycles. The standard InChI is InChI=1S/C22H35N3O2/c1-3-20(19-11-7-8-12-21(19)27-4-2)23-22(26)17-24-13-15-25(16-14-24)18-9-5-6-10-18/h7-8,11-12,18,20H,3-6,9-10,13-17H2,1-2H3,(H,23,26). The lowest BCUT2D eigenvalue weighted by Gasteiger charge is -2.37. The first-order chi connectivity index (χ1) is 13.2. The fourth-order valence-corrected chi connectivity index (χ4v) is 4.45. The Balaban J connectivity index is 1.49. The highest BCUT2D eigenvalue weighted by atomic mass is 16.5. The molecule has 1 amide bonds. The van der Waals surface area contributed by atoms with Crippen LogP contribution in [0.5, 0.6) is 5.75 Å². The van der Waals surface area contributed by atoms with Gasteiger partial charge in [-0.15, -0.1) is 0 Å². The van der Waals surface area contributed by atoms with E-state index in [1.165, 1.54) is 25.7 Å². The van der Waals surface area contributed by atoms with Crippen molar-refractivity contribution in [3.63, 3.8) is 0 Å². The van der Waals surface area contributed by atoms with Gasteiger partial charge >= 0.3 is 0 Å². The van der Waals surface area contributed by atoms with Crippen molar-refractivity contribution in [2.24, 2.45) is 0 Å². The van der Waals surface area contributed by atoms with Gasteiger partial charge in [0, 0.05) is 37.8 Å². The highest BCUT2D eigenvalue weighted by molar-refractivity contribution is 5.78. The number of hydrogen-bond acceptors (Lipinski definition) is 4. The number of nitrogens with one attached hydrogen (secondary N) is 1. The summed E-state index contributed by atoms with van der Waals surface area (Å²) < 4.78 is 5.74. The fourth-order valence-electron chi connectivity index (χ4n) is 4.45. The number of carbonyl (C=O) groups excluding carboxylic acids is 1. The molecule has 0 bridgehead atoms. The van der Waals surface area contributed by atoms with E-state index in [-0.39, 0.29) is 11.9 Å². The van der Waals surface area contributed by atoms with E-state index in [1.54, 1.807) is 0 Å². The zero-order valence-corrected chi connectivity index (χ0v) is 17.0. The van der Waals surface area contributed by atoms with Gasteiger partial charge in [0.15, 0.2) is 0 Å². The molecule has 1 aliphatic carbocycles. The lowest BCUT2D eigenvalue weighted by atomic mass is 10.0. The predicted molar refractivity (Wildman–Crippen MR) is 109 cm³/mol. The second-order valence-electron chi connectivity index (χ2n) is 7.75. The Labute approximate surface area is 164 Å². The van der Waals surface area contributed by atoms with E-state index in [9.17, 15) is 4.79 Å². The van der Waals surface area contributed by atoms with Crippen LogP contribution in [0, 0.1) is 0 Å². The quantitative estimate of drug-likeness (QED) is 0.760. The van der Waals surface area contributed by atoms with Crippen LogP contribution in [-0.2, 0) is 4.79 Å². The second kappa shape index (κ2) is 10.1. The minimum absolute atomic E-state index is 0.0000258. The third-order valence-electron chi connectivity index (χ3n) is 5.95. The highest BCUT2D eigenvalue weighted by Crippen LogP contribution is 2.27. The number of amides is 1. The van der Waals surface area contributed by atoms with Gasteiger partial charge in [-0.2, -0.15) is 0 Å². The van der Waals surface area contributed by atoms with Crippen molar-refractivity contribution in [3.05, 3.63) is 29.8 Å². The summed E-state index contributed by atoms with van der Waals surface area (Å²) in [6.45, 7) is 9.41. The molecule has 1 aliphatic heterocycles. The van der Waals surface area contributed by atoms with Gasteiger partial charge < -0.3 is 10.1 Å². The molecule has 0 aromatic heterocycles. The van der Waals surface area contributed by atoms with Gasteiger partial charge in [0.25, 0.3) is 0 Å². The summed E-state index contributed by atoms with van der Waals surface area (Å²) in [5.74, 6) is 0.986. The zero-order valence-electron chi connectivity index (χ0n) is 17.0. The molecular weight excluding hydrogens is 338 g/mol. The van der Waals surface area contributed by atoms with Crippen LogP contribution in [0.15, 0.2) is 24.3 Å². The molecule has 5 nitrogen and oxygen atoms in total. The minimum Gasteiger partial charge on any atom is -0.494 e. The Hall–Kier alpha value is -1.59. The molecule has 0 radical (unpaired) electrons. The smallest absolute Gasteiger partial charge is 0.234 e. The molecule has 27 heavy (non-hydrogen) atoms. The Morgan fingerprint density at radius 3 is 2.52 bits per heavy atom. The number of carbonyl (C=O) groups is 1. The van der Waals surface area contributed by atoms with Crippen LogP contribution in [0.25, 0.3) is 0 Å². The normalized spacial score (nSPS) is 20.5. The maximum absolute atomic E-state index is 12.7. The zero-order chi connectivity index (χ0) is 19.1. The van der Waals surface area contributed by atoms with Crippen molar-refractivity contribution in [2.75, 3.05) is 39.3 Å². The van der Waals surface area contributed by atoms with Crippen LogP contribution in [0.1, 0.15) is 57.6 Å². The number of ether oxygens (including phenoxy) is 1. The SMILES string of the molecule is CCOc1ccccc1C(CC)NC(=O)CN1CCN(C2CCCC2)CC1. The number of rotatable bonds is 8. The Kier molecular flexibility index (Phi) is 7.53. The number of piperazine rings is 1. The summed E-state index contributed by atoms with van der Waals surface area (Å²) >= 11 is 0. The third-order valence-corrected chi connectivity index (χ3v) is 5.95. The van der Waals surface area contributed by atoms with Crippen LogP contribution in [0.2, 0.25) is 0 Å². The van der Waals surface area contributed by atoms with E-state index in [4.69, 9.17) is 4.74 Å². The molecule has 3 rings (SSSR count). The number of nitrogens with zero attached hydrogens (tertiary/aromatic N) is 2. The van der Waals surface area contributed by atoms with Crippen molar-refractivity contribution in [2.45, 2.75) is 58.0 Å². The maximum atomic E-state index is 12.7. The average molecular weight is 374 g/mol. The largest absolute Gasteiger partial charge is 0.494 e. The summed E-state index contributed by atoms with van der Waals surface area (Å²) in [6.07, 6.45) is 6.34. The molecule has 1 N–H and O–H groups in total. The van der Waals surface area contributed by atoms with Gasteiger partial charge in [-0.3, -0.25) is 14.6 Å². The molecule has 150 valence electrons. The van der Waals surface area contributed by atoms with Gasteiger partial charge in [-0.05, 0) is 32.3 Å². The predicted octanol–water partition coefficient (Wildman–Crippen LogP) is 3.21. The third kappa shape index (κ3) is 5.45. The van der Waals surface area contributed by atoms with Gasteiger partial charge in [0.2, 0.25) is 5.91 Å². The number of hydrogen-bond donors (Lipinski definition) is 1. The van der Waals surface area contributed by atoms with E-state index in [1.807, 2.05) is 25.1 Å². The van der Waals surface area contributed by atoms with E-state index in [0.29, 0.717) is 13.2 Å². The molecule has 0 spiro atoms. The van der Waals surface area contributed by atoms with Crippen LogP contribution in [0.3, 0.4) is 0 Å². The highest BCUT2D eigenvalue weighted by Gasteiger charge is 2.27. The summed E-state index contributed by atoms with van der Waals surface area (Å²) in [4.78, 5) is 17.6. The van der Waals surface area contributed by atoms with Gasteiger partial charge in [-0.1, -0.05) is 38.0 Å². The minimum atomic E-state index is 0.0000258. The molecule has 2 fully saturated rings. The van der Waals surface area contributed by atoms with Crippen LogP contribution in [-0.4, -0.2) is 61.1 Å². The number of para-hydroxylation sites is 1. The van der Waals surface area contributed by atoms with E-state index >= 15 is 0 Å². The average Bonchev–Trinajstić information content (AvgIpc) is 3.22. The van der Waals surface area contributed by atoms with Crippen molar-refractivity contribution in [1.29, 1.82) is 0 Å². The molecule has 1 saturated carbocycles. The van der Waals surface area contributed by atoms with Crippen molar-refractivity contribution in [3.8, 4) is 5.75 Å². The monoisotopic (exact) mass is 373 g/mol. The first-order valence-electron chi connectivity index (χ1n) is 10.7. The molecule has 1 atom stereocenters. The van der Waals surface area contributed by atoms with E-state index in [2.05, 4.69) is 28.1 Å². The van der Waals surface area contributed by atoms with Crippen LogP contribution in [0.4, 0.5) is 0 Å². The summed E-state index contributed by atoms with van der Waals surface area (Å²) in [7, 11) is 0. The van der Waals surface area contributed by atoms with E-state index in [0.717, 1.165) is 50.0 Å². The lowest BCUT2D eigenvalue weighted by Crippen LogP contribution is -2.52. The molecule has 1 aromatic carbocycles. The first-order valence-corrected chi connectivity index (χ1v) is 10.7. The van der Waals surface area contributed by atoms with Crippen molar-refractivity contribution >= 4 is 5.91 Å².